The van der Waals surface area contributed by atoms with E-state index in [2.05, 4.69) is 0 Å². The number of hydrogen-bond donors (Lipinski definition) is 2. The molecule has 3 N–H and O–H groups in total. The van der Waals surface area contributed by atoms with Gasteiger partial charge in [0.1, 0.15) is 4.90 Å². The molecule has 0 unspecified atom stereocenters. The van der Waals surface area contributed by atoms with E-state index in [-0.39, 0.29) is 30.9 Å². The molecule has 0 aliphatic heterocycles. The number of hydrogen-bond acceptors (Lipinski definition) is 3. The average Bonchev–Trinajstić information content (AvgIpc) is 1.86. The standard InChI is InChI=1S/C6H7NO3S.Li.H/c7-5-3-1-2-4-6(5)11(8,9)10;;/h1-4H,7H2,(H,8,9,10);;/q;+1;-1. The van der Waals surface area contributed by atoms with Gasteiger partial charge in [-0.3, -0.25) is 4.55 Å². The van der Waals surface area contributed by atoms with Crippen LogP contribution in [0.4, 0.5) is 5.69 Å². The summed E-state index contributed by atoms with van der Waals surface area (Å²) in [6.45, 7) is 0. The van der Waals surface area contributed by atoms with Gasteiger partial charge in [-0.25, -0.2) is 0 Å². The quantitative estimate of drug-likeness (QED) is 0.288. The van der Waals surface area contributed by atoms with Crippen molar-refractivity contribution >= 4 is 15.8 Å². The van der Waals surface area contributed by atoms with Crippen LogP contribution in [0.5, 0.6) is 0 Å². The Morgan fingerprint density at radius 1 is 1.33 bits per heavy atom. The topological polar surface area (TPSA) is 80.4 Å². The Morgan fingerprint density at radius 3 is 2.17 bits per heavy atom. The molecule has 1 aromatic rings. The number of nitrogens with two attached hydrogens (primary N) is 1. The molecule has 0 amide bonds. The Balaban J connectivity index is 0. The van der Waals surface area contributed by atoms with E-state index >= 15 is 0 Å². The molecule has 12 heavy (non-hydrogen) atoms. The average molecular weight is 181 g/mol. The van der Waals surface area contributed by atoms with Gasteiger partial charge < -0.3 is 7.16 Å². The van der Waals surface area contributed by atoms with Gasteiger partial charge in [0.25, 0.3) is 10.1 Å². The third-order valence-corrected chi connectivity index (χ3v) is 2.12. The van der Waals surface area contributed by atoms with Crippen LogP contribution in [0, 0.1) is 0 Å². The van der Waals surface area contributed by atoms with Crippen LogP contribution in [0.2, 0.25) is 0 Å². The van der Waals surface area contributed by atoms with Gasteiger partial charge in [0, 0.05) is 0 Å². The fourth-order valence-electron chi connectivity index (χ4n) is 0.715. The molecule has 4 nitrogen and oxygen atoms in total. The Hall–Kier alpha value is -0.473. The van der Waals surface area contributed by atoms with E-state index in [0.717, 1.165) is 0 Å². The first kappa shape index (κ1) is 11.5. The molecule has 0 radical (unpaired) electrons. The van der Waals surface area contributed by atoms with Crippen molar-refractivity contribution < 1.29 is 33.3 Å². The minimum atomic E-state index is -4.16. The van der Waals surface area contributed by atoms with E-state index < -0.39 is 10.1 Å². The summed E-state index contributed by atoms with van der Waals surface area (Å²) in [4.78, 5) is -0.250. The Morgan fingerprint density at radius 2 is 1.83 bits per heavy atom. The molecule has 0 atom stereocenters. The number of rotatable bonds is 1. The van der Waals surface area contributed by atoms with Crippen molar-refractivity contribution in [1.29, 1.82) is 0 Å². The third kappa shape index (κ3) is 2.54. The summed E-state index contributed by atoms with van der Waals surface area (Å²) >= 11 is 0. The number of para-hydroxylation sites is 1. The molecule has 62 valence electrons. The summed E-state index contributed by atoms with van der Waals surface area (Å²) in [5, 5.41) is 0. The van der Waals surface area contributed by atoms with Crippen molar-refractivity contribution in [2.75, 3.05) is 5.73 Å². The van der Waals surface area contributed by atoms with Crippen molar-refractivity contribution in [1.82, 2.24) is 0 Å². The summed E-state index contributed by atoms with van der Waals surface area (Å²) in [5.74, 6) is 0. The maximum absolute atomic E-state index is 10.5. The van der Waals surface area contributed by atoms with Gasteiger partial charge in [-0.2, -0.15) is 8.42 Å². The summed E-state index contributed by atoms with van der Waals surface area (Å²) in [5.41, 5.74) is 5.32. The predicted molar refractivity (Wildman–Crippen MR) is 41.8 cm³/mol. The number of benzene rings is 1. The van der Waals surface area contributed by atoms with Gasteiger partial charge in [-0.1, -0.05) is 12.1 Å². The predicted octanol–water partition coefficient (Wildman–Crippen LogP) is -2.37. The van der Waals surface area contributed by atoms with Gasteiger partial charge in [0.05, 0.1) is 5.69 Å². The second-order valence-electron chi connectivity index (χ2n) is 2.01. The van der Waals surface area contributed by atoms with Gasteiger partial charge in [-0.05, 0) is 12.1 Å². The van der Waals surface area contributed by atoms with Crippen molar-refractivity contribution in [2.24, 2.45) is 0 Å². The van der Waals surface area contributed by atoms with Crippen LogP contribution < -0.4 is 24.6 Å². The summed E-state index contributed by atoms with van der Waals surface area (Å²) in [7, 11) is -4.16. The molecule has 0 aromatic heterocycles. The molecule has 0 spiro atoms. The molecule has 1 rings (SSSR count). The fraction of sp³-hybridized carbons (Fsp3) is 0. The largest absolute Gasteiger partial charge is 1.00 e. The normalized spacial score (nSPS) is 10.4. The molecule has 0 aliphatic carbocycles. The van der Waals surface area contributed by atoms with Gasteiger partial charge >= 0.3 is 18.9 Å². The van der Waals surface area contributed by atoms with Crippen LogP contribution in [0.3, 0.4) is 0 Å². The van der Waals surface area contributed by atoms with Crippen LogP contribution in [0.25, 0.3) is 0 Å². The van der Waals surface area contributed by atoms with E-state index in [1.807, 2.05) is 0 Å². The molecule has 0 aliphatic rings. The molecule has 0 heterocycles. The van der Waals surface area contributed by atoms with Gasteiger partial charge in [-0.15, -0.1) is 0 Å². The van der Waals surface area contributed by atoms with Crippen LogP contribution in [0.15, 0.2) is 29.2 Å². The number of anilines is 1. The second-order valence-corrected chi connectivity index (χ2v) is 3.40. The molecule has 0 saturated carbocycles. The van der Waals surface area contributed by atoms with Gasteiger partial charge in [0.2, 0.25) is 0 Å². The fourth-order valence-corrected chi connectivity index (χ4v) is 1.33. The summed E-state index contributed by atoms with van der Waals surface area (Å²) in [6, 6.07) is 5.72. The zero-order valence-electron chi connectivity index (χ0n) is 7.56. The van der Waals surface area contributed by atoms with Crippen LogP contribution in [-0.2, 0) is 10.1 Å². The van der Waals surface area contributed by atoms with E-state index in [0.29, 0.717) is 0 Å². The SMILES string of the molecule is Nc1ccccc1S(=O)(=O)O.[H-].[Li+]. The Labute approximate surface area is 84.2 Å². The first-order chi connectivity index (χ1) is 5.02. The van der Waals surface area contributed by atoms with Crippen molar-refractivity contribution in [3.05, 3.63) is 24.3 Å². The van der Waals surface area contributed by atoms with Crippen LogP contribution >= 0.6 is 0 Å². The molecular weight excluding hydrogens is 173 g/mol. The molecule has 0 fully saturated rings. The summed E-state index contributed by atoms with van der Waals surface area (Å²) in [6.07, 6.45) is 0. The molecular formula is C6H8LiNO3S. The molecule has 0 bridgehead atoms. The van der Waals surface area contributed by atoms with E-state index in [1.165, 1.54) is 18.2 Å². The van der Waals surface area contributed by atoms with Crippen LogP contribution in [-0.4, -0.2) is 13.0 Å². The monoisotopic (exact) mass is 181 g/mol. The van der Waals surface area contributed by atoms with Crippen molar-refractivity contribution in [3.63, 3.8) is 0 Å². The van der Waals surface area contributed by atoms with Crippen LogP contribution in [0.1, 0.15) is 1.43 Å². The first-order valence-corrected chi connectivity index (χ1v) is 4.28. The maximum atomic E-state index is 10.5. The van der Waals surface area contributed by atoms with E-state index in [4.69, 9.17) is 10.3 Å². The van der Waals surface area contributed by atoms with Crippen molar-refractivity contribution in [2.45, 2.75) is 4.90 Å². The Bertz CT molecular complexity index is 368. The second kappa shape index (κ2) is 3.96. The molecule has 0 saturated heterocycles. The maximum Gasteiger partial charge on any atom is 1.00 e. The Kier molecular flexibility index (Phi) is 3.81. The number of nitrogen functional groups attached to an aromatic ring is 1. The minimum absolute atomic E-state index is 0. The third-order valence-electron chi connectivity index (χ3n) is 1.20. The summed E-state index contributed by atoms with van der Waals surface area (Å²) < 4.78 is 29.6. The molecule has 1 aromatic carbocycles. The first-order valence-electron chi connectivity index (χ1n) is 2.84. The van der Waals surface area contributed by atoms with Gasteiger partial charge in [0.15, 0.2) is 0 Å². The van der Waals surface area contributed by atoms with E-state index in [9.17, 15) is 8.42 Å². The van der Waals surface area contributed by atoms with E-state index in [1.54, 1.807) is 6.07 Å². The zero-order valence-corrected chi connectivity index (χ0v) is 7.38. The molecule has 6 heteroatoms. The smallest absolute Gasteiger partial charge is 1.00 e. The zero-order chi connectivity index (χ0) is 8.48. The minimum Gasteiger partial charge on any atom is -1.00 e. The van der Waals surface area contributed by atoms with Crippen molar-refractivity contribution in [3.8, 4) is 0 Å².